The number of rotatable bonds is 4. The lowest BCUT2D eigenvalue weighted by Crippen LogP contribution is -2.69. The first kappa shape index (κ1) is 19.5. The van der Waals surface area contributed by atoms with Gasteiger partial charge in [-0.25, -0.2) is 4.79 Å². The van der Waals surface area contributed by atoms with Gasteiger partial charge in [0.15, 0.2) is 18.3 Å². The van der Waals surface area contributed by atoms with Crippen molar-refractivity contribution in [2.24, 2.45) is 0 Å². The van der Waals surface area contributed by atoms with Crippen LogP contribution in [0.1, 0.15) is 27.7 Å². The Kier molecular flexibility index (Phi) is 5.68. The van der Waals surface area contributed by atoms with Crippen molar-refractivity contribution in [3.05, 3.63) is 0 Å². The predicted octanol–water partition coefficient (Wildman–Crippen LogP) is -0.495. The number of carbonyl (C=O) groups is 5. The lowest BCUT2D eigenvalue weighted by Gasteiger charge is -2.46. The maximum Gasteiger partial charge on any atom is 0.413 e. The van der Waals surface area contributed by atoms with Gasteiger partial charge in [0, 0.05) is 27.7 Å². The summed E-state index contributed by atoms with van der Waals surface area (Å²) in [5.74, 6) is -3.00. The molecule has 0 N–H and O–H groups in total. The maximum absolute atomic E-state index is 12.1. The Hall–Kier alpha value is -2.85. The predicted molar refractivity (Wildman–Crippen MR) is 79.2 cm³/mol. The average molecular weight is 373 g/mol. The van der Waals surface area contributed by atoms with Gasteiger partial charge in [-0.05, 0) is 0 Å². The molecule has 0 aromatic rings. The molecule has 0 aliphatic carbocycles. The minimum Gasteiger partial charge on any atom is -0.456 e. The maximum atomic E-state index is 12.1. The molecule has 5 atom stereocenters. The lowest BCUT2D eigenvalue weighted by molar-refractivity contribution is -0.236. The van der Waals surface area contributed by atoms with E-state index in [9.17, 15) is 24.0 Å². The number of hydrogen-bond donors (Lipinski definition) is 0. The number of cyclic esters (lactones) is 1. The van der Waals surface area contributed by atoms with E-state index in [4.69, 9.17) is 23.7 Å². The van der Waals surface area contributed by atoms with E-state index in [1.165, 1.54) is 0 Å². The molecule has 0 aromatic carbocycles. The molecular weight excluding hydrogens is 354 g/mol. The number of carbonyl (C=O) groups excluding carboxylic acids is 5. The normalized spacial score (nSPS) is 29.9. The van der Waals surface area contributed by atoms with Crippen LogP contribution in [-0.2, 0) is 42.9 Å². The molecule has 2 fully saturated rings. The Labute approximate surface area is 148 Å². The van der Waals surface area contributed by atoms with Gasteiger partial charge in [0.1, 0.15) is 12.6 Å². The van der Waals surface area contributed by atoms with Gasteiger partial charge in [0.2, 0.25) is 6.23 Å². The van der Waals surface area contributed by atoms with Crippen LogP contribution in [0.2, 0.25) is 0 Å². The van der Waals surface area contributed by atoms with E-state index in [2.05, 4.69) is 0 Å². The van der Waals surface area contributed by atoms with Crippen molar-refractivity contribution in [3.8, 4) is 0 Å². The van der Waals surface area contributed by atoms with Gasteiger partial charge in [-0.2, -0.15) is 0 Å². The molecule has 2 heterocycles. The molecular formula is C15H19NO10. The molecule has 144 valence electrons. The zero-order chi connectivity index (χ0) is 19.6. The molecule has 2 aliphatic rings. The number of piperidine rings is 1. The van der Waals surface area contributed by atoms with Crippen molar-refractivity contribution in [1.82, 2.24) is 4.90 Å². The second kappa shape index (κ2) is 7.58. The fourth-order valence-electron chi connectivity index (χ4n) is 2.99. The smallest absolute Gasteiger partial charge is 0.413 e. The summed E-state index contributed by atoms with van der Waals surface area (Å²) >= 11 is 0. The largest absolute Gasteiger partial charge is 0.456 e. The van der Waals surface area contributed by atoms with Crippen LogP contribution >= 0.6 is 0 Å². The van der Waals surface area contributed by atoms with Gasteiger partial charge in [-0.3, -0.25) is 24.1 Å². The van der Waals surface area contributed by atoms with E-state index >= 15 is 0 Å². The summed E-state index contributed by atoms with van der Waals surface area (Å²) in [5, 5.41) is 0. The van der Waals surface area contributed by atoms with Crippen LogP contribution in [0, 0.1) is 0 Å². The molecule has 2 rings (SSSR count). The van der Waals surface area contributed by atoms with Crippen LogP contribution < -0.4 is 0 Å². The lowest BCUT2D eigenvalue weighted by atomic mass is 9.92. The van der Waals surface area contributed by atoms with E-state index in [1.54, 1.807) is 0 Å². The number of amides is 1. The second-order valence-corrected chi connectivity index (χ2v) is 5.77. The molecule has 2 saturated heterocycles. The number of nitrogens with zero attached hydrogens (tertiary/aromatic N) is 1. The van der Waals surface area contributed by atoms with Crippen LogP contribution in [0.15, 0.2) is 0 Å². The highest BCUT2D eigenvalue weighted by Crippen LogP contribution is 2.35. The van der Waals surface area contributed by atoms with Crippen LogP contribution in [0.25, 0.3) is 0 Å². The standard InChI is InChI=1S/C15H19NO10/c1-6(17)23-11-10-5-22-15(21)16(10)14(26-9(4)20)13(25-8(3)19)12(11)24-7(2)18/h10-14H,5H2,1-4H3/t10-,11+,12-,13-,14-/m0/s1. The van der Waals surface area contributed by atoms with Crippen LogP contribution in [0.4, 0.5) is 4.79 Å². The van der Waals surface area contributed by atoms with Gasteiger partial charge in [0.25, 0.3) is 0 Å². The van der Waals surface area contributed by atoms with Crippen molar-refractivity contribution in [2.75, 3.05) is 6.61 Å². The first-order chi connectivity index (χ1) is 12.1. The molecule has 0 bridgehead atoms. The Morgan fingerprint density at radius 2 is 1.27 bits per heavy atom. The molecule has 1 amide bonds. The number of hydrogen-bond acceptors (Lipinski definition) is 10. The highest BCUT2D eigenvalue weighted by Gasteiger charge is 2.60. The van der Waals surface area contributed by atoms with E-state index in [0.29, 0.717) is 0 Å². The summed E-state index contributed by atoms with van der Waals surface area (Å²) in [6.07, 6.45) is -6.16. The minimum absolute atomic E-state index is 0.195. The molecule has 11 nitrogen and oxygen atoms in total. The zero-order valence-electron chi connectivity index (χ0n) is 14.6. The Bertz CT molecular complexity index is 632. The molecule has 0 unspecified atom stereocenters. The third-order valence-corrected chi connectivity index (χ3v) is 3.72. The van der Waals surface area contributed by atoms with E-state index < -0.39 is 60.6 Å². The summed E-state index contributed by atoms with van der Waals surface area (Å²) in [7, 11) is 0. The molecule has 0 spiro atoms. The third-order valence-electron chi connectivity index (χ3n) is 3.72. The van der Waals surface area contributed by atoms with Crippen molar-refractivity contribution in [1.29, 1.82) is 0 Å². The highest BCUT2D eigenvalue weighted by atomic mass is 16.7. The zero-order valence-corrected chi connectivity index (χ0v) is 14.6. The van der Waals surface area contributed by atoms with Gasteiger partial charge in [-0.1, -0.05) is 0 Å². The van der Waals surface area contributed by atoms with Gasteiger partial charge < -0.3 is 23.7 Å². The van der Waals surface area contributed by atoms with Crippen LogP contribution in [-0.4, -0.2) is 72.1 Å². The third kappa shape index (κ3) is 4.03. The fourth-order valence-corrected chi connectivity index (χ4v) is 2.99. The molecule has 0 radical (unpaired) electrons. The van der Waals surface area contributed by atoms with Crippen molar-refractivity contribution in [2.45, 2.75) is 58.3 Å². The van der Waals surface area contributed by atoms with E-state index in [-0.39, 0.29) is 6.61 Å². The topological polar surface area (TPSA) is 135 Å². The highest BCUT2D eigenvalue weighted by molar-refractivity contribution is 5.74. The van der Waals surface area contributed by atoms with E-state index in [0.717, 1.165) is 32.6 Å². The van der Waals surface area contributed by atoms with E-state index in [1.807, 2.05) is 0 Å². The molecule has 11 heteroatoms. The monoisotopic (exact) mass is 373 g/mol. The number of fused-ring (bicyclic) bond motifs is 1. The SMILES string of the molecule is CC(=O)O[C@H]1[C@H](OC(C)=O)[C@@H]2COC(=O)N2[C@@H](OC(C)=O)[C@H]1OC(C)=O. The summed E-state index contributed by atoms with van der Waals surface area (Å²) in [6, 6.07) is -0.896. The van der Waals surface area contributed by atoms with Gasteiger partial charge in [0.05, 0.1) is 0 Å². The number of ether oxygens (including phenoxy) is 5. The van der Waals surface area contributed by atoms with Crippen molar-refractivity contribution < 1.29 is 47.7 Å². The summed E-state index contributed by atoms with van der Waals surface area (Å²) in [4.78, 5) is 59.2. The number of esters is 4. The Morgan fingerprint density at radius 1 is 0.808 bits per heavy atom. The summed E-state index contributed by atoms with van der Waals surface area (Å²) in [5.41, 5.74) is 0. The molecule has 0 saturated carbocycles. The average Bonchev–Trinajstić information content (AvgIpc) is 2.86. The first-order valence-corrected chi connectivity index (χ1v) is 7.75. The fraction of sp³-hybridized carbons (Fsp3) is 0.667. The molecule has 0 aromatic heterocycles. The van der Waals surface area contributed by atoms with Gasteiger partial charge >= 0.3 is 30.0 Å². The quantitative estimate of drug-likeness (QED) is 0.469. The second-order valence-electron chi connectivity index (χ2n) is 5.77. The summed E-state index contributed by atoms with van der Waals surface area (Å²) in [6.45, 7) is 4.23. The van der Waals surface area contributed by atoms with Crippen LogP contribution in [0.3, 0.4) is 0 Å². The molecule has 2 aliphatic heterocycles. The van der Waals surface area contributed by atoms with Crippen molar-refractivity contribution in [3.63, 3.8) is 0 Å². The summed E-state index contributed by atoms with van der Waals surface area (Å²) < 4.78 is 25.6. The minimum atomic E-state index is -1.41. The van der Waals surface area contributed by atoms with Crippen molar-refractivity contribution >= 4 is 30.0 Å². The Morgan fingerprint density at radius 3 is 1.77 bits per heavy atom. The van der Waals surface area contributed by atoms with Crippen LogP contribution in [0.5, 0.6) is 0 Å². The van der Waals surface area contributed by atoms with Gasteiger partial charge in [-0.15, -0.1) is 0 Å². The molecule has 26 heavy (non-hydrogen) atoms. The first-order valence-electron chi connectivity index (χ1n) is 7.75. The Balaban J connectivity index is 2.51.